The minimum absolute atomic E-state index is 0.104. The quantitative estimate of drug-likeness (QED) is 0.811. The van der Waals surface area contributed by atoms with Gasteiger partial charge in [-0.3, -0.25) is 4.79 Å². The van der Waals surface area contributed by atoms with Crippen LogP contribution in [0.3, 0.4) is 0 Å². The van der Waals surface area contributed by atoms with Gasteiger partial charge in [-0.25, -0.2) is 0 Å². The molecule has 0 aromatic heterocycles. The molecular weight excluding hydrogens is 256 g/mol. The zero-order chi connectivity index (χ0) is 10.8. The van der Waals surface area contributed by atoms with Crippen molar-refractivity contribution in [3.05, 3.63) is 22.7 Å². The zero-order valence-electron chi connectivity index (χ0n) is 8.29. The van der Waals surface area contributed by atoms with Gasteiger partial charge in [0.05, 0.1) is 5.69 Å². The Balaban J connectivity index is 2.09. The van der Waals surface area contributed by atoms with E-state index in [1.807, 2.05) is 6.07 Å². The number of nitrogens with two attached hydrogens (primary N) is 1. The van der Waals surface area contributed by atoms with Crippen molar-refractivity contribution < 1.29 is 4.79 Å². The van der Waals surface area contributed by atoms with E-state index in [1.54, 1.807) is 12.1 Å². The largest absolute Gasteiger partial charge is 0.399 e. The summed E-state index contributed by atoms with van der Waals surface area (Å²) in [5.41, 5.74) is 7.06. The van der Waals surface area contributed by atoms with Gasteiger partial charge in [0.15, 0.2) is 0 Å². The van der Waals surface area contributed by atoms with E-state index in [4.69, 9.17) is 5.73 Å². The molecule has 1 aliphatic carbocycles. The molecule has 0 bridgehead atoms. The number of benzene rings is 1. The van der Waals surface area contributed by atoms with E-state index in [1.165, 1.54) is 0 Å². The third kappa shape index (κ3) is 2.31. The Kier molecular flexibility index (Phi) is 2.95. The molecule has 1 aromatic rings. The highest BCUT2D eigenvalue weighted by Gasteiger charge is 2.25. The lowest BCUT2D eigenvalue weighted by atomic mass is 9.85. The summed E-state index contributed by atoms with van der Waals surface area (Å²) in [5, 5.41) is 2.89. The fourth-order valence-electron chi connectivity index (χ4n) is 1.54. The topological polar surface area (TPSA) is 55.1 Å². The minimum atomic E-state index is 0.104. The standard InChI is InChI=1S/C11H13BrN2O/c12-9-5-4-8(13)6-10(9)14-11(15)7-2-1-3-7/h4-7H,1-3,13H2,(H,14,15). The number of halogens is 1. The third-order valence-electron chi connectivity index (χ3n) is 2.72. The maximum atomic E-state index is 11.7. The van der Waals surface area contributed by atoms with Gasteiger partial charge in [0, 0.05) is 16.1 Å². The normalized spacial score (nSPS) is 15.8. The molecule has 80 valence electrons. The van der Waals surface area contributed by atoms with Gasteiger partial charge in [0.1, 0.15) is 0 Å². The van der Waals surface area contributed by atoms with E-state index in [0.29, 0.717) is 5.69 Å². The first-order valence-corrected chi connectivity index (χ1v) is 5.82. The summed E-state index contributed by atoms with van der Waals surface area (Å²) >= 11 is 3.38. The summed E-state index contributed by atoms with van der Waals surface area (Å²) < 4.78 is 0.865. The van der Waals surface area contributed by atoms with Crippen LogP contribution < -0.4 is 11.1 Å². The van der Waals surface area contributed by atoms with Crippen LogP contribution in [0.15, 0.2) is 22.7 Å². The van der Waals surface area contributed by atoms with Crippen molar-refractivity contribution in [2.45, 2.75) is 19.3 Å². The molecule has 2 rings (SSSR count). The molecule has 1 saturated carbocycles. The maximum absolute atomic E-state index is 11.7. The molecule has 3 nitrogen and oxygen atoms in total. The summed E-state index contributed by atoms with van der Waals surface area (Å²) in [5.74, 6) is 0.297. The smallest absolute Gasteiger partial charge is 0.227 e. The summed E-state index contributed by atoms with van der Waals surface area (Å²) in [6, 6.07) is 5.40. The van der Waals surface area contributed by atoms with E-state index in [2.05, 4.69) is 21.2 Å². The fraction of sp³-hybridized carbons (Fsp3) is 0.364. The molecule has 0 unspecified atom stereocenters. The molecule has 1 aromatic carbocycles. The average molecular weight is 269 g/mol. The number of carbonyl (C=O) groups is 1. The monoisotopic (exact) mass is 268 g/mol. The van der Waals surface area contributed by atoms with Crippen molar-refractivity contribution >= 4 is 33.2 Å². The molecule has 0 atom stereocenters. The van der Waals surface area contributed by atoms with Crippen LogP contribution in [0.4, 0.5) is 11.4 Å². The highest BCUT2D eigenvalue weighted by atomic mass is 79.9. The van der Waals surface area contributed by atoms with Gasteiger partial charge in [0.2, 0.25) is 5.91 Å². The molecule has 0 aliphatic heterocycles. The Morgan fingerprint density at radius 2 is 2.20 bits per heavy atom. The van der Waals surface area contributed by atoms with Gasteiger partial charge in [-0.1, -0.05) is 6.42 Å². The Morgan fingerprint density at radius 1 is 1.47 bits per heavy atom. The first-order chi connectivity index (χ1) is 7.16. The summed E-state index contributed by atoms with van der Waals surface area (Å²) in [4.78, 5) is 11.7. The van der Waals surface area contributed by atoms with Crippen molar-refractivity contribution in [2.24, 2.45) is 5.92 Å². The van der Waals surface area contributed by atoms with E-state index in [9.17, 15) is 4.79 Å². The van der Waals surface area contributed by atoms with Crippen LogP contribution in [0, 0.1) is 5.92 Å². The molecule has 0 heterocycles. The molecule has 0 saturated heterocycles. The van der Waals surface area contributed by atoms with Crippen molar-refractivity contribution in [2.75, 3.05) is 11.1 Å². The summed E-state index contributed by atoms with van der Waals surface area (Å²) in [6.45, 7) is 0. The Bertz CT molecular complexity index is 388. The number of rotatable bonds is 2. The van der Waals surface area contributed by atoms with Gasteiger partial charge in [-0.15, -0.1) is 0 Å². The molecule has 1 amide bonds. The molecule has 3 N–H and O–H groups in total. The van der Waals surface area contributed by atoms with Crippen molar-refractivity contribution in [1.82, 2.24) is 0 Å². The van der Waals surface area contributed by atoms with Crippen LogP contribution in [0.25, 0.3) is 0 Å². The number of hydrogen-bond acceptors (Lipinski definition) is 2. The molecule has 15 heavy (non-hydrogen) atoms. The lowest BCUT2D eigenvalue weighted by Crippen LogP contribution is -2.28. The lowest BCUT2D eigenvalue weighted by Gasteiger charge is -2.24. The van der Waals surface area contributed by atoms with Crippen LogP contribution in [-0.4, -0.2) is 5.91 Å². The van der Waals surface area contributed by atoms with Gasteiger partial charge in [-0.2, -0.15) is 0 Å². The molecule has 0 radical (unpaired) electrons. The number of carbonyl (C=O) groups excluding carboxylic acids is 1. The predicted octanol–water partition coefficient (Wildman–Crippen LogP) is 2.77. The van der Waals surface area contributed by atoms with E-state index >= 15 is 0 Å². The number of nitrogens with one attached hydrogen (secondary N) is 1. The third-order valence-corrected chi connectivity index (χ3v) is 3.42. The summed E-state index contributed by atoms with van der Waals surface area (Å²) in [6.07, 6.45) is 3.17. The Hall–Kier alpha value is -1.03. The van der Waals surface area contributed by atoms with E-state index in [-0.39, 0.29) is 11.8 Å². The number of nitrogen functional groups attached to an aromatic ring is 1. The highest BCUT2D eigenvalue weighted by molar-refractivity contribution is 9.10. The van der Waals surface area contributed by atoms with Crippen molar-refractivity contribution in [3.63, 3.8) is 0 Å². The van der Waals surface area contributed by atoms with Gasteiger partial charge in [-0.05, 0) is 47.0 Å². The minimum Gasteiger partial charge on any atom is -0.399 e. The first-order valence-electron chi connectivity index (χ1n) is 5.02. The molecule has 1 aliphatic rings. The second-order valence-electron chi connectivity index (χ2n) is 3.86. The molecule has 0 spiro atoms. The first kappa shape index (κ1) is 10.5. The molecule has 4 heteroatoms. The van der Waals surface area contributed by atoms with Crippen molar-refractivity contribution in [3.8, 4) is 0 Å². The van der Waals surface area contributed by atoms with Gasteiger partial charge >= 0.3 is 0 Å². The van der Waals surface area contributed by atoms with Crippen LogP contribution in [0.2, 0.25) is 0 Å². The predicted molar refractivity (Wildman–Crippen MR) is 64.5 cm³/mol. The van der Waals surface area contributed by atoms with Crippen molar-refractivity contribution in [1.29, 1.82) is 0 Å². The second kappa shape index (κ2) is 4.23. The zero-order valence-corrected chi connectivity index (χ0v) is 9.88. The number of anilines is 2. The van der Waals surface area contributed by atoms with Crippen LogP contribution in [0.1, 0.15) is 19.3 Å². The number of amides is 1. The van der Waals surface area contributed by atoms with Gasteiger partial charge in [0.25, 0.3) is 0 Å². The summed E-state index contributed by atoms with van der Waals surface area (Å²) in [7, 11) is 0. The highest BCUT2D eigenvalue weighted by Crippen LogP contribution is 2.30. The Morgan fingerprint density at radius 3 is 2.80 bits per heavy atom. The fourth-order valence-corrected chi connectivity index (χ4v) is 1.89. The second-order valence-corrected chi connectivity index (χ2v) is 4.71. The number of hydrogen-bond donors (Lipinski definition) is 2. The molecule has 1 fully saturated rings. The van der Waals surface area contributed by atoms with E-state index in [0.717, 1.165) is 29.4 Å². The van der Waals surface area contributed by atoms with Crippen LogP contribution in [-0.2, 0) is 4.79 Å². The molecular formula is C11H13BrN2O. The van der Waals surface area contributed by atoms with E-state index < -0.39 is 0 Å². The average Bonchev–Trinajstić information content (AvgIpc) is 2.08. The van der Waals surface area contributed by atoms with Crippen LogP contribution >= 0.6 is 15.9 Å². The lowest BCUT2D eigenvalue weighted by molar-refractivity contribution is -0.122. The van der Waals surface area contributed by atoms with Gasteiger partial charge < -0.3 is 11.1 Å². The SMILES string of the molecule is Nc1ccc(Br)c(NC(=O)C2CCC2)c1. The maximum Gasteiger partial charge on any atom is 0.227 e. The van der Waals surface area contributed by atoms with Crippen LogP contribution in [0.5, 0.6) is 0 Å². The Labute approximate surface area is 97.2 Å².